The van der Waals surface area contributed by atoms with Gasteiger partial charge in [-0.1, -0.05) is 24.6 Å². The summed E-state index contributed by atoms with van der Waals surface area (Å²) in [4.78, 5) is 2.52. The minimum absolute atomic E-state index is 0.732. The standard InChI is InChI=1S/C21H24N2O2/c1-2-10-22(11-3-1)12-14-24-18-8-5-7-17-20(18)16-6-4-9-19-21(16)23(17)13-15-25-19/h4-9H,1-3,10-15H2. The van der Waals surface area contributed by atoms with Crippen LogP contribution in [0.2, 0.25) is 0 Å². The van der Waals surface area contributed by atoms with Crippen LogP contribution in [0, 0.1) is 0 Å². The van der Waals surface area contributed by atoms with Crippen LogP contribution >= 0.6 is 0 Å². The van der Waals surface area contributed by atoms with Crippen molar-refractivity contribution in [3.63, 3.8) is 0 Å². The van der Waals surface area contributed by atoms with Crippen LogP contribution in [0.3, 0.4) is 0 Å². The molecule has 4 heteroatoms. The van der Waals surface area contributed by atoms with Crippen molar-refractivity contribution in [1.29, 1.82) is 0 Å². The lowest BCUT2D eigenvalue weighted by atomic mass is 10.1. The van der Waals surface area contributed by atoms with Gasteiger partial charge in [0.25, 0.3) is 0 Å². The first-order valence-corrected chi connectivity index (χ1v) is 9.44. The Balaban J connectivity index is 1.49. The van der Waals surface area contributed by atoms with Gasteiger partial charge in [-0.3, -0.25) is 4.90 Å². The van der Waals surface area contributed by atoms with E-state index in [-0.39, 0.29) is 0 Å². The maximum atomic E-state index is 6.25. The van der Waals surface area contributed by atoms with Gasteiger partial charge < -0.3 is 14.0 Å². The molecule has 25 heavy (non-hydrogen) atoms. The van der Waals surface area contributed by atoms with Crippen LogP contribution in [0.1, 0.15) is 19.3 Å². The van der Waals surface area contributed by atoms with E-state index >= 15 is 0 Å². The molecular weight excluding hydrogens is 312 g/mol. The van der Waals surface area contributed by atoms with E-state index < -0.39 is 0 Å². The Kier molecular flexibility index (Phi) is 3.78. The number of para-hydroxylation sites is 1. The molecule has 0 bridgehead atoms. The summed E-state index contributed by atoms with van der Waals surface area (Å²) in [5.74, 6) is 1.98. The normalized spacial score (nSPS) is 17.8. The monoisotopic (exact) mass is 336 g/mol. The summed E-state index contributed by atoms with van der Waals surface area (Å²) in [6.07, 6.45) is 4.03. The number of nitrogens with zero attached hydrogens (tertiary/aromatic N) is 2. The highest BCUT2D eigenvalue weighted by molar-refractivity contribution is 6.13. The number of hydrogen-bond donors (Lipinski definition) is 0. The first kappa shape index (κ1) is 15.1. The topological polar surface area (TPSA) is 26.6 Å². The molecule has 4 nitrogen and oxygen atoms in total. The highest BCUT2D eigenvalue weighted by atomic mass is 16.5. The zero-order valence-corrected chi connectivity index (χ0v) is 14.5. The fourth-order valence-electron chi connectivity index (χ4n) is 4.32. The molecule has 5 rings (SSSR count). The van der Waals surface area contributed by atoms with Crippen LogP contribution < -0.4 is 9.47 Å². The van der Waals surface area contributed by atoms with Crippen LogP contribution in [-0.4, -0.2) is 42.3 Å². The Morgan fingerprint density at radius 1 is 0.960 bits per heavy atom. The van der Waals surface area contributed by atoms with Crippen LogP contribution in [0.15, 0.2) is 36.4 Å². The second-order valence-electron chi connectivity index (χ2n) is 7.05. The van der Waals surface area contributed by atoms with Crippen molar-refractivity contribution < 1.29 is 9.47 Å². The molecule has 2 aliphatic heterocycles. The van der Waals surface area contributed by atoms with Gasteiger partial charge in [-0.15, -0.1) is 0 Å². The summed E-state index contributed by atoms with van der Waals surface area (Å²) in [5, 5.41) is 2.46. The van der Waals surface area contributed by atoms with Gasteiger partial charge in [0.2, 0.25) is 0 Å². The van der Waals surface area contributed by atoms with E-state index in [1.54, 1.807) is 0 Å². The van der Waals surface area contributed by atoms with Crippen LogP contribution in [0.4, 0.5) is 0 Å². The largest absolute Gasteiger partial charge is 0.492 e. The molecule has 0 saturated carbocycles. The summed E-state index contributed by atoms with van der Waals surface area (Å²) in [6, 6.07) is 12.7. The minimum Gasteiger partial charge on any atom is -0.492 e. The van der Waals surface area contributed by atoms with Gasteiger partial charge in [0.15, 0.2) is 0 Å². The number of benzene rings is 2. The van der Waals surface area contributed by atoms with E-state index in [0.29, 0.717) is 0 Å². The summed E-state index contributed by atoms with van der Waals surface area (Å²) in [6.45, 7) is 5.83. The highest BCUT2D eigenvalue weighted by Crippen LogP contribution is 2.40. The predicted molar refractivity (Wildman–Crippen MR) is 101 cm³/mol. The van der Waals surface area contributed by atoms with Crippen molar-refractivity contribution in [2.24, 2.45) is 0 Å². The molecule has 3 aromatic rings. The van der Waals surface area contributed by atoms with Crippen molar-refractivity contribution in [1.82, 2.24) is 9.47 Å². The van der Waals surface area contributed by atoms with Crippen molar-refractivity contribution in [2.75, 3.05) is 32.8 Å². The number of likely N-dealkylation sites (tertiary alicyclic amines) is 1. The summed E-state index contributed by atoms with van der Waals surface area (Å²) < 4.78 is 14.5. The molecule has 0 unspecified atom stereocenters. The number of hydrogen-bond acceptors (Lipinski definition) is 3. The SMILES string of the molecule is c1cc2c3c(c1)c1c(OCCN4CCCCC4)cccc1n3CCO2. The van der Waals surface area contributed by atoms with Gasteiger partial charge in [-0.25, -0.2) is 0 Å². The molecule has 0 spiro atoms. The lowest BCUT2D eigenvalue weighted by molar-refractivity contribution is 0.184. The van der Waals surface area contributed by atoms with E-state index in [1.165, 1.54) is 54.2 Å². The molecule has 1 saturated heterocycles. The number of piperidine rings is 1. The third kappa shape index (κ3) is 2.56. The second-order valence-corrected chi connectivity index (χ2v) is 7.05. The summed E-state index contributed by atoms with van der Waals surface area (Å²) in [5.41, 5.74) is 2.46. The van der Waals surface area contributed by atoms with Crippen molar-refractivity contribution in [3.8, 4) is 11.5 Å². The molecule has 0 radical (unpaired) electrons. The molecule has 3 heterocycles. The Morgan fingerprint density at radius 3 is 2.76 bits per heavy atom. The van der Waals surface area contributed by atoms with Gasteiger partial charge in [0.1, 0.15) is 24.7 Å². The molecule has 2 aliphatic rings. The Labute approximate surface area is 147 Å². The van der Waals surface area contributed by atoms with E-state index in [4.69, 9.17) is 9.47 Å². The van der Waals surface area contributed by atoms with E-state index in [2.05, 4.69) is 45.9 Å². The minimum atomic E-state index is 0.732. The Morgan fingerprint density at radius 2 is 1.84 bits per heavy atom. The third-order valence-corrected chi connectivity index (χ3v) is 5.52. The van der Waals surface area contributed by atoms with Crippen LogP contribution in [0.25, 0.3) is 21.8 Å². The number of ether oxygens (including phenoxy) is 2. The predicted octanol–water partition coefficient (Wildman–Crippen LogP) is 4.05. The zero-order chi connectivity index (χ0) is 16.6. The van der Waals surface area contributed by atoms with Crippen molar-refractivity contribution >= 4 is 21.8 Å². The van der Waals surface area contributed by atoms with Crippen molar-refractivity contribution in [3.05, 3.63) is 36.4 Å². The van der Waals surface area contributed by atoms with E-state index in [9.17, 15) is 0 Å². The number of fused-ring (bicyclic) bond motifs is 3. The first-order chi connectivity index (χ1) is 12.4. The molecule has 1 fully saturated rings. The maximum absolute atomic E-state index is 6.25. The quantitative estimate of drug-likeness (QED) is 0.719. The van der Waals surface area contributed by atoms with Crippen molar-refractivity contribution in [2.45, 2.75) is 25.8 Å². The molecule has 130 valence electrons. The van der Waals surface area contributed by atoms with Gasteiger partial charge in [0.05, 0.1) is 17.6 Å². The lowest BCUT2D eigenvalue weighted by Crippen LogP contribution is -2.33. The van der Waals surface area contributed by atoms with Gasteiger partial charge in [0, 0.05) is 17.3 Å². The molecule has 1 aromatic heterocycles. The maximum Gasteiger partial charge on any atom is 0.143 e. The average Bonchev–Trinajstić information content (AvgIpc) is 3.00. The fourth-order valence-corrected chi connectivity index (χ4v) is 4.32. The molecule has 0 amide bonds. The van der Waals surface area contributed by atoms with E-state index in [0.717, 1.165) is 37.8 Å². The number of rotatable bonds is 4. The number of aromatic nitrogens is 1. The molecule has 0 N–H and O–H groups in total. The molecule has 0 aliphatic carbocycles. The van der Waals surface area contributed by atoms with Crippen LogP contribution in [-0.2, 0) is 6.54 Å². The fraction of sp³-hybridized carbons (Fsp3) is 0.429. The van der Waals surface area contributed by atoms with E-state index in [1.807, 2.05) is 0 Å². The zero-order valence-electron chi connectivity index (χ0n) is 14.5. The third-order valence-electron chi connectivity index (χ3n) is 5.52. The van der Waals surface area contributed by atoms with Gasteiger partial charge in [-0.05, 0) is 44.1 Å². The molecule has 0 atom stereocenters. The smallest absolute Gasteiger partial charge is 0.143 e. The Hall–Kier alpha value is -2.20. The summed E-state index contributed by atoms with van der Waals surface area (Å²) >= 11 is 0. The summed E-state index contributed by atoms with van der Waals surface area (Å²) in [7, 11) is 0. The molecule has 2 aromatic carbocycles. The second kappa shape index (κ2) is 6.26. The molecular formula is C21H24N2O2. The highest BCUT2D eigenvalue weighted by Gasteiger charge is 2.20. The Bertz CT molecular complexity index is 909. The van der Waals surface area contributed by atoms with Gasteiger partial charge >= 0.3 is 0 Å². The van der Waals surface area contributed by atoms with Gasteiger partial charge in [-0.2, -0.15) is 0 Å². The first-order valence-electron chi connectivity index (χ1n) is 9.44. The van der Waals surface area contributed by atoms with Crippen LogP contribution in [0.5, 0.6) is 11.5 Å². The lowest BCUT2D eigenvalue weighted by Gasteiger charge is -2.26. The average molecular weight is 336 g/mol.